The third-order valence-electron chi connectivity index (χ3n) is 2.31. The SMILES string of the molecule is CCCCCCCCC/C=C/C=C/O. The van der Waals surface area contributed by atoms with Crippen LogP contribution in [0.5, 0.6) is 0 Å². The van der Waals surface area contributed by atoms with Gasteiger partial charge in [0.1, 0.15) is 0 Å². The van der Waals surface area contributed by atoms with Gasteiger partial charge in [0, 0.05) is 0 Å². The normalized spacial score (nSPS) is 11.8. The van der Waals surface area contributed by atoms with E-state index in [1.807, 2.05) is 6.08 Å². The molecule has 0 spiro atoms. The van der Waals surface area contributed by atoms with E-state index in [-0.39, 0.29) is 0 Å². The number of aliphatic hydroxyl groups excluding tert-OH is 1. The van der Waals surface area contributed by atoms with Crippen LogP contribution in [0, 0.1) is 0 Å². The van der Waals surface area contributed by atoms with Gasteiger partial charge >= 0.3 is 0 Å². The summed E-state index contributed by atoms with van der Waals surface area (Å²) in [7, 11) is 0. The molecule has 0 heterocycles. The van der Waals surface area contributed by atoms with E-state index in [0.29, 0.717) is 0 Å². The zero-order valence-electron chi connectivity index (χ0n) is 9.41. The first-order valence-electron chi connectivity index (χ1n) is 5.87. The van der Waals surface area contributed by atoms with Crippen LogP contribution >= 0.6 is 0 Å². The van der Waals surface area contributed by atoms with Gasteiger partial charge in [0.25, 0.3) is 0 Å². The Kier molecular flexibility index (Phi) is 11.6. The second-order valence-corrected chi connectivity index (χ2v) is 3.68. The van der Waals surface area contributed by atoms with Crippen LogP contribution in [-0.4, -0.2) is 5.11 Å². The second kappa shape index (κ2) is 12.3. The molecule has 1 heteroatoms. The number of aliphatic hydroxyl groups is 1. The maximum absolute atomic E-state index is 8.36. The Balaban J connectivity index is 2.98. The molecule has 0 unspecified atom stereocenters. The van der Waals surface area contributed by atoms with Crippen LogP contribution in [0.25, 0.3) is 0 Å². The molecule has 14 heavy (non-hydrogen) atoms. The summed E-state index contributed by atoms with van der Waals surface area (Å²) in [5.41, 5.74) is 0. The Bertz CT molecular complexity index is 147. The van der Waals surface area contributed by atoms with Crippen molar-refractivity contribution < 1.29 is 5.11 Å². The summed E-state index contributed by atoms with van der Waals surface area (Å²) in [5, 5.41) is 8.36. The molecule has 0 aliphatic carbocycles. The third kappa shape index (κ3) is 11.3. The van der Waals surface area contributed by atoms with Crippen LogP contribution in [0.4, 0.5) is 0 Å². The molecule has 0 atom stereocenters. The quantitative estimate of drug-likeness (QED) is 0.320. The summed E-state index contributed by atoms with van der Waals surface area (Å²) in [4.78, 5) is 0. The fraction of sp³-hybridized carbons (Fsp3) is 0.692. The highest BCUT2D eigenvalue weighted by Gasteiger charge is 1.88. The fourth-order valence-electron chi connectivity index (χ4n) is 1.44. The first kappa shape index (κ1) is 13.3. The molecular weight excluding hydrogens is 172 g/mol. The van der Waals surface area contributed by atoms with Gasteiger partial charge in [-0.05, 0) is 18.9 Å². The van der Waals surface area contributed by atoms with Crippen molar-refractivity contribution in [1.29, 1.82) is 0 Å². The molecule has 0 aromatic carbocycles. The molecule has 1 N–H and O–H groups in total. The highest BCUT2D eigenvalue weighted by molar-refractivity contribution is 4.98. The molecule has 0 amide bonds. The molecule has 82 valence electrons. The minimum absolute atomic E-state index is 1.07. The van der Waals surface area contributed by atoms with E-state index in [2.05, 4.69) is 13.0 Å². The van der Waals surface area contributed by atoms with Crippen molar-refractivity contribution in [3.05, 3.63) is 24.5 Å². The zero-order valence-corrected chi connectivity index (χ0v) is 9.41. The van der Waals surface area contributed by atoms with Crippen LogP contribution in [0.2, 0.25) is 0 Å². The molecule has 0 aromatic heterocycles. The highest BCUT2D eigenvalue weighted by Crippen LogP contribution is 2.08. The maximum Gasteiger partial charge on any atom is 0.0791 e. The summed E-state index contributed by atoms with van der Waals surface area (Å²) >= 11 is 0. The summed E-state index contributed by atoms with van der Waals surface area (Å²) in [6.45, 7) is 2.25. The van der Waals surface area contributed by atoms with Crippen molar-refractivity contribution in [1.82, 2.24) is 0 Å². The fourth-order valence-corrected chi connectivity index (χ4v) is 1.44. The van der Waals surface area contributed by atoms with Crippen LogP contribution in [0.15, 0.2) is 24.5 Å². The van der Waals surface area contributed by atoms with Crippen molar-refractivity contribution in [3.8, 4) is 0 Å². The van der Waals surface area contributed by atoms with Crippen LogP contribution in [-0.2, 0) is 0 Å². The summed E-state index contributed by atoms with van der Waals surface area (Å²) in [6.07, 6.45) is 17.4. The number of rotatable bonds is 9. The maximum atomic E-state index is 8.36. The number of allylic oxidation sites excluding steroid dienone is 3. The van der Waals surface area contributed by atoms with Crippen molar-refractivity contribution in [2.24, 2.45) is 0 Å². The minimum atomic E-state index is 1.07. The predicted molar refractivity (Wildman–Crippen MR) is 63.5 cm³/mol. The van der Waals surface area contributed by atoms with E-state index < -0.39 is 0 Å². The van der Waals surface area contributed by atoms with E-state index in [1.165, 1.54) is 44.9 Å². The molecule has 0 aromatic rings. The van der Waals surface area contributed by atoms with Gasteiger partial charge < -0.3 is 5.11 Å². The Labute approximate surface area is 88.5 Å². The number of unbranched alkanes of at least 4 members (excludes halogenated alkanes) is 7. The lowest BCUT2D eigenvalue weighted by Crippen LogP contribution is -1.78. The summed E-state index contributed by atoms with van der Waals surface area (Å²) in [6, 6.07) is 0. The molecule has 0 fully saturated rings. The predicted octanol–water partition coefficient (Wildman–Crippen LogP) is 4.76. The number of hydrogen-bond donors (Lipinski definition) is 1. The lowest BCUT2D eigenvalue weighted by atomic mass is 10.1. The monoisotopic (exact) mass is 196 g/mol. The Morgan fingerprint density at radius 2 is 1.50 bits per heavy atom. The van der Waals surface area contributed by atoms with E-state index in [0.717, 1.165) is 12.7 Å². The average Bonchev–Trinajstić information content (AvgIpc) is 2.21. The first-order chi connectivity index (χ1) is 6.91. The van der Waals surface area contributed by atoms with Gasteiger partial charge in [-0.1, -0.05) is 57.6 Å². The average molecular weight is 196 g/mol. The molecule has 1 nitrogen and oxygen atoms in total. The van der Waals surface area contributed by atoms with Crippen LogP contribution in [0.1, 0.15) is 58.3 Å². The molecule has 0 saturated heterocycles. The molecule has 0 saturated carbocycles. The van der Waals surface area contributed by atoms with E-state index in [1.54, 1.807) is 6.08 Å². The first-order valence-corrected chi connectivity index (χ1v) is 5.87. The Morgan fingerprint density at radius 1 is 0.857 bits per heavy atom. The van der Waals surface area contributed by atoms with Gasteiger partial charge in [0.2, 0.25) is 0 Å². The van der Waals surface area contributed by atoms with E-state index >= 15 is 0 Å². The van der Waals surface area contributed by atoms with Crippen molar-refractivity contribution in [2.45, 2.75) is 58.3 Å². The third-order valence-corrected chi connectivity index (χ3v) is 2.31. The zero-order chi connectivity index (χ0) is 10.5. The Morgan fingerprint density at radius 3 is 2.14 bits per heavy atom. The van der Waals surface area contributed by atoms with Gasteiger partial charge in [-0.25, -0.2) is 0 Å². The van der Waals surface area contributed by atoms with E-state index in [9.17, 15) is 0 Å². The van der Waals surface area contributed by atoms with Crippen molar-refractivity contribution in [3.63, 3.8) is 0 Å². The molecular formula is C13H24O. The van der Waals surface area contributed by atoms with Crippen LogP contribution in [0.3, 0.4) is 0 Å². The van der Waals surface area contributed by atoms with Crippen molar-refractivity contribution in [2.75, 3.05) is 0 Å². The van der Waals surface area contributed by atoms with Crippen LogP contribution < -0.4 is 0 Å². The standard InChI is InChI=1S/C13H24O/c1-2-3-4-5-6-7-8-9-10-11-12-13-14/h10-14H,2-9H2,1H3/b11-10+,13-12+. The second-order valence-electron chi connectivity index (χ2n) is 3.68. The largest absolute Gasteiger partial charge is 0.516 e. The highest BCUT2D eigenvalue weighted by atomic mass is 16.2. The lowest BCUT2D eigenvalue weighted by Gasteiger charge is -1.98. The lowest BCUT2D eigenvalue weighted by molar-refractivity contribution is 0.473. The minimum Gasteiger partial charge on any atom is -0.516 e. The van der Waals surface area contributed by atoms with Gasteiger partial charge in [-0.15, -0.1) is 0 Å². The Hall–Kier alpha value is -0.720. The smallest absolute Gasteiger partial charge is 0.0791 e. The van der Waals surface area contributed by atoms with Crippen molar-refractivity contribution >= 4 is 0 Å². The molecule has 0 aliphatic rings. The molecule has 0 rings (SSSR count). The molecule has 0 bridgehead atoms. The number of hydrogen-bond acceptors (Lipinski definition) is 1. The summed E-state index contributed by atoms with van der Waals surface area (Å²) in [5.74, 6) is 0. The van der Waals surface area contributed by atoms with Gasteiger partial charge in [-0.2, -0.15) is 0 Å². The van der Waals surface area contributed by atoms with Gasteiger partial charge in [-0.3, -0.25) is 0 Å². The molecule has 0 aliphatic heterocycles. The molecule has 0 radical (unpaired) electrons. The van der Waals surface area contributed by atoms with Gasteiger partial charge in [0.15, 0.2) is 0 Å². The van der Waals surface area contributed by atoms with Gasteiger partial charge in [0.05, 0.1) is 6.26 Å². The van der Waals surface area contributed by atoms with E-state index in [4.69, 9.17) is 5.11 Å². The topological polar surface area (TPSA) is 20.2 Å². The summed E-state index contributed by atoms with van der Waals surface area (Å²) < 4.78 is 0.